The van der Waals surface area contributed by atoms with Crippen molar-refractivity contribution in [3.8, 4) is 0 Å². The predicted octanol–water partition coefficient (Wildman–Crippen LogP) is 2.26. The summed E-state index contributed by atoms with van der Waals surface area (Å²) < 4.78 is 16.7. The van der Waals surface area contributed by atoms with E-state index in [-0.39, 0.29) is 0 Å². The van der Waals surface area contributed by atoms with E-state index < -0.39 is 17.3 Å². The number of imidazole rings is 1. The van der Waals surface area contributed by atoms with Gasteiger partial charge in [0.1, 0.15) is 5.75 Å². The molecule has 2 aromatic rings. The number of nitrogens with zero attached hydrogens (tertiary/aromatic N) is 1. The van der Waals surface area contributed by atoms with Crippen molar-refractivity contribution in [2.24, 2.45) is 5.92 Å². The van der Waals surface area contributed by atoms with Gasteiger partial charge in [-0.05, 0) is 36.2 Å². The van der Waals surface area contributed by atoms with E-state index in [0.717, 1.165) is 16.2 Å². The van der Waals surface area contributed by atoms with Crippen LogP contribution in [-0.4, -0.2) is 33.5 Å². The Morgan fingerprint density at radius 1 is 1.60 bits per heavy atom. The molecule has 7 heteroatoms. The average Bonchev–Trinajstić information content (AvgIpc) is 3.15. The predicted molar refractivity (Wildman–Crippen MR) is 76.1 cm³/mol. The fourth-order valence-corrected chi connectivity index (χ4v) is 3.35. The summed E-state index contributed by atoms with van der Waals surface area (Å²) in [5.41, 5.74) is 1.46. The molecular weight excluding hydrogens is 278 g/mol. The molecule has 0 saturated heterocycles. The lowest BCUT2D eigenvalue weighted by atomic mass is 10.3. The fourth-order valence-electron chi connectivity index (χ4n) is 1.93. The number of H-pyrrole nitrogens is 1. The van der Waals surface area contributed by atoms with Gasteiger partial charge < -0.3 is 14.3 Å². The molecule has 1 atom stereocenters. The van der Waals surface area contributed by atoms with Gasteiger partial charge in [-0.2, -0.15) is 0 Å². The molecule has 3 rings (SSSR count). The maximum Gasteiger partial charge on any atom is 0.413 e. The average molecular weight is 293 g/mol. The minimum absolute atomic E-state index is 0.317. The number of hydrogen-bond acceptors (Lipinski definition) is 4. The lowest BCUT2D eigenvalue weighted by molar-refractivity contribution is 0.186. The number of carbonyl (C=O) groups is 1. The van der Waals surface area contributed by atoms with Crippen LogP contribution in [0.4, 0.5) is 10.7 Å². The highest BCUT2D eigenvalue weighted by Crippen LogP contribution is 2.32. The van der Waals surface area contributed by atoms with E-state index in [4.69, 9.17) is 0 Å². The Hall–Kier alpha value is -1.73. The minimum Gasteiger partial charge on any atom is -0.611 e. The van der Waals surface area contributed by atoms with Gasteiger partial charge in [-0.1, -0.05) is 0 Å². The van der Waals surface area contributed by atoms with Gasteiger partial charge in [0.05, 0.1) is 18.1 Å². The first-order valence-corrected chi connectivity index (χ1v) is 7.70. The summed E-state index contributed by atoms with van der Waals surface area (Å²) in [5.74, 6) is 1.66. The molecule has 106 valence electrons. The number of amides is 1. The Balaban J connectivity index is 1.80. The summed E-state index contributed by atoms with van der Waals surface area (Å²) >= 11 is -0.976. The van der Waals surface area contributed by atoms with Crippen molar-refractivity contribution in [2.45, 2.75) is 17.7 Å². The third kappa shape index (κ3) is 2.88. The molecule has 1 aliphatic carbocycles. The zero-order valence-corrected chi connectivity index (χ0v) is 11.8. The number of anilines is 1. The first-order chi connectivity index (χ1) is 9.65. The maximum absolute atomic E-state index is 12.2. The number of hydrogen-bond donors (Lipinski definition) is 2. The van der Waals surface area contributed by atoms with Crippen LogP contribution in [0.1, 0.15) is 12.8 Å². The van der Waals surface area contributed by atoms with Crippen LogP contribution in [0.3, 0.4) is 0 Å². The van der Waals surface area contributed by atoms with Crippen LogP contribution in [0, 0.1) is 5.92 Å². The lowest BCUT2D eigenvalue weighted by Gasteiger charge is -2.09. The van der Waals surface area contributed by atoms with Crippen LogP contribution in [0.15, 0.2) is 23.1 Å². The third-order valence-corrected chi connectivity index (χ3v) is 4.76. The quantitative estimate of drug-likeness (QED) is 0.846. The summed E-state index contributed by atoms with van der Waals surface area (Å²) in [5, 5.41) is 2.47. The molecule has 2 N–H and O–H groups in total. The maximum atomic E-state index is 12.2. The van der Waals surface area contributed by atoms with Crippen molar-refractivity contribution in [3.63, 3.8) is 0 Å². The zero-order valence-electron chi connectivity index (χ0n) is 11.0. The number of benzene rings is 1. The van der Waals surface area contributed by atoms with Crippen molar-refractivity contribution >= 4 is 34.3 Å². The Bertz CT molecular complexity index is 639. The molecule has 0 aliphatic heterocycles. The van der Waals surface area contributed by atoms with Crippen LogP contribution in [0.5, 0.6) is 0 Å². The molecule has 0 bridgehead atoms. The van der Waals surface area contributed by atoms with Crippen LogP contribution in [0.25, 0.3) is 11.0 Å². The topological polar surface area (TPSA) is 90.1 Å². The van der Waals surface area contributed by atoms with Crippen LogP contribution >= 0.6 is 0 Å². The van der Waals surface area contributed by atoms with Gasteiger partial charge in [-0.3, -0.25) is 5.32 Å². The van der Waals surface area contributed by atoms with E-state index in [2.05, 4.69) is 20.0 Å². The second-order valence-corrected chi connectivity index (χ2v) is 6.33. The number of methoxy groups -OCH3 is 1. The van der Waals surface area contributed by atoms with Gasteiger partial charge in [0, 0.05) is 12.0 Å². The molecule has 1 saturated carbocycles. The van der Waals surface area contributed by atoms with E-state index in [1.807, 2.05) is 12.1 Å². The number of ether oxygens (including phenoxy) is 1. The largest absolute Gasteiger partial charge is 0.611 e. The number of rotatable bonds is 4. The van der Waals surface area contributed by atoms with Gasteiger partial charge in [-0.15, -0.1) is 0 Å². The molecule has 1 fully saturated rings. The number of fused-ring (bicyclic) bond motifs is 1. The van der Waals surface area contributed by atoms with Crippen molar-refractivity contribution in [1.29, 1.82) is 0 Å². The molecule has 1 amide bonds. The number of nitrogens with one attached hydrogen (secondary N) is 2. The standard InChI is InChI=1S/C13H15N3O3S/c1-19-13(17)16-12-14-10-5-4-9(6-11(10)15-12)20(18)7-8-2-3-8/h4-6,8H,2-3,7H2,1H3,(H2,14,15,16,17). The Kier molecular flexibility index (Phi) is 3.54. The molecule has 0 radical (unpaired) electrons. The smallest absolute Gasteiger partial charge is 0.413 e. The van der Waals surface area contributed by atoms with Crippen LogP contribution in [0.2, 0.25) is 0 Å². The molecule has 1 aromatic heterocycles. The summed E-state index contributed by atoms with van der Waals surface area (Å²) in [7, 11) is 1.29. The summed E-state index contributed by atoms with van der Waals surface area (Å²) in [6.07, 6.45) is 1.79. The number of aromatic nitrogens is 2. The highest BCUT2D eigenvalue weighted by Gasteiger charge is 2.28. The third-order valence-electron chi connectivity index (χ3n) is 3.21. The Morgan fingerprint density at radius 2 is 2.40 bits per heavy atom. The van der Waals surface area contributed by atoms with Crippen molar-refractivity contribution in [3.05, 3.63) is 18.2 Å². The highest BCUT2D eigenvalue weighted by atomic mass is 32.2. The molecule has 1 unspecified atom stereocenters. The monoisotopic (exact) mass is 293 g/mol. The van der Waals surface area contributed by atoms with Gasteiger partial charge in [0.15, 0.2) is 4.90 Å². The first kappa shape index (κ1) is 13.3. The van der Waals surface area contributed by atoms with E-state index >= 15 is 0 Å². The Labute approximate surface area is 119 Å². The first-order valence-electron chi connectivity index (χ1n) is 6.39. The minimum atomic E-state index is -0.976. The molecule has 1 aromatic carbocycles. The van der Waals surface area contributed by atoms with Gasteiger partial charge in [0.2, 0.25) is 5.95 Å². The lowest BCUT2D eigenvalue weighted by Crippen LogP contribution is -2.11. The molecule has 0 spiro atoms. The zero-order chi connectivity index (χ0) is 14.1. The highest BCUT2D eigenvalue weighted by molar-refractivity contribution is 7.91. The van der Waals surface area contributed by atoms with Gasteiger partial charge >= 0.3 is 6.09 Å². The fraction of sp³-hybridized carbons (Fsp3) is 0.385. The van der Waals surface area contributed by atoms with Crippen molar-refractivity contribution < 1.29 is 14.1 Å². The summed E-state index contributed by atoms with van der Waals surface area (Å²) in [4.78, 5) is 19.1. The van der Waals surface area contributed by atoms with Crippen molar-refractivity contribution in [2.75, 3.05) is 18.2 Å². The van der Waals surface area contributed by atoms with Crippen LogP contribution in [-0.2, 0) is 15.9 Å². The van der Waals surface area contributed by atoms with E-state index in [9.17, 15) is 9.35 Å². The van der Waals surface area contributed by atoms with Gasteiger partial charge in [-0.25, -0.2) is 9.78 Å². The van der Waals surface area contributed by atoms with Gasteiger partial charge in [0.25, 0.3) is 0 Å². The molecule has 1 aliphatic rings. The van der Waals surface area contributed by atoms with E-state index in [1.165, 1.54) is 20.0 Å². The second kappa shape index (κ2) is 5.34. The number of aromatic amines is 1. The molecule has 6 nitrogen and oxygen atoms in total. The van der Waals surface area contributed by atoms with Crippen LogP contribution < -0.4 is 5.32 Å². The summed E-state index contributed by atoms with van der Waals surface area (Å²) in [6.45, 7) is 0. The molecule has 20 heavy (non-hydrogen) atoms. The Morgan fingerprint density at radius 3 is 3.10 bits per heavy atom. The SMILES string of the molecule is COC(=O)Nc1nc2cc([S+]([O-])CC3CC3)ccc2[nH]1. The summed E-state index contributed by atoms with van der Waals surface area (Å²) in [6, 6.07) is 5.46. The number of carbonyl (C=O) groups excluding carboxylic acids is 1. The normalized spacial score (nSPS) is 16.1. The molecular formula is C13H15N3O3S. The van der Waals surface area contributed by atoms with E-state index in [1.54, 1.807) is 6.07 Å². The van der Waals surface area contributed by atoms with Crippen molar-refractivity contribution in [1.82, 2.24) is 9.97 Å². The van der Waals surface area contributed by atoms with E-state index in [0.29, 0.717) is 17.4 Å². The molecule has 1 heterocycles. The second-order valence-electron chi connectivity index (χ2n) is 4.84.